The molecule has 1 aromatic carbocycles. The number of aliphatic hydroxyl groups excluding tert-OH is 1. The molecule has 20 heavy (non-hydrogen) atoms. The Morgan fingerprint density at radius 3 is 2.30 bits per heavy atom. The summed E-state index contributed by atoms with van der Waals surface area (Å²) < 4.78 is 28.7. The van der Waals surface area contributed by atoms with Gasteiger partial charge in [-0.15, -0.1) is 0 Å². The van der Waals surface area contributed by atoms with E-state index in [0.29, 0.717) is 0 Å². The van der Waals surface area contributed by atoms with Crippen LogP contribution in [0.3, 0.4) is 0 Å². The number of hydrogen-bond donors (Lipinski definition) is 2. The van der Waals surface area contributed by atoms with E-state index < -0.39 is 16.2 Å². The summed E-state index contributed by atoms with van der Waals surface area (Å²) in [5.74, 6) is 0. The Hall–Kier alpha value is -0.950. The number of rotatable bonds is 6. The van der Waals surface area contributed by atoms with E-state index in [1.54, 1.807) is 12.1 Å². The fourth-order valence-electron chi connectivity index (χ4n) is 1.42. The topological polar surface area (TPSA) is 75.6 Å². The molecular formula is C14H23NO4S. The van der Waals surface area contributed by atoms with Crippen molar-refractivity contribution in [3.05, 3.63) is 29.8 Å². The second-order valence-electron chi connectivity index (χ2n) is 5.84. The van der Waals surface area contributed by atoms with E-state index in [2.05, 4.69) is 5.32 Å². The highest BCUT2D eigenvalue weighted by atomic mass is 32.2. The molecule has 0 fully saturated rings. The van der Waals surface area contributed by atoms with Gasteiger partial charge in [-0.3, -0.25) is 4.18 Å². The lowest BCUT2D eigenvalue weighted by atomic mass is 10.1. The van der Waals surface area contributed by atoms with Gasteiger partial charge in [-0.1, -0.05) is 17.7 Å². The van der Waals surface area contributed by atoms with Gasteiger partial charge in [-0.25, -0.2) is 0 Å². The van der Waals surface area contributed by atoms with Crippen LogP contribution >= 0.6 is 0 Å². The van der Waals surface area contributed by atoms with Gasteiger partial charge in [0.25, 0.3) is 10.1 Å². The van der Waals surface area contributed by atoms with Crippen LogP contribution in [0.5, 0.6) is 0 Å². The third-order valence-corrected chi connectivity index (χ3v) is 3.89. The van der Waals surface area contributed by atoms with Crippen molar-refractivity contribution < 1.29 is 17.7 Å². The normalized spacial score (nSPS) is 14.2. The smallest absolute Gasteiger partial charge is 0.297 e. The molecule has 0 amide bonds. The van der Waals surface area contributed by atoms with E-state index in [4.69, 9.17) is 4.18 Å². The number of hydrogen-bond acceptors (Lipinski definition) is 5. The first-order chi connectivity index (χ1) is 9.10. The van der Waals surface area contributed by atoms with E-state index in [0.717, 1.165) is 5.56 Å². The third kappa shape index (κ3) is 6.00. The van der Waals surface area contributed by atoms with Crippen LogP contribution in [0.15, 0.2) is 29.2 Å². The molecule has 1 rings (SSSR count). The van der Waals surface area contributed by atoms with Gasteiger partial charge in [-0.2, -0.15) is 8.42 Å². The maximum atomic E-state index is 11.9. The number of β-amino-alcohol motifs (C(OH)–C–C–N with tert-alkyl or cyclic N) is 1. The van der Waals surface area contributed by atoms with E-state index in [1.807, 2.05) is 27.7 Å². The van der Waals surface area contributed by atoms with Gasteiger partial charge in [0.1, 0.15) is 0 Å². The van der Waals surface area contributed by atoms with E-state index in [-0.39, 0.29) is 23.6 Å². The second-order valence-corrected chi connectivity index (χ2v) is 7.45. The quantitative estimate of drug-likeness (QED) is 0.778. The van der Waals surface area contributed by atoms with Crippen molar-refractivity contribution in [1.82, 2.24) is 5.32 Å². The molecule has 0 saturated carbocycles. The van der Waals surface area contributed by atoms with Crippen molar-refractivity contribution in [2.24, 2.45) is 0 Å². The molecular weight excluding hydrogens is 278 g/mol. The number of aryl methyl sites for hydroxylation is 1. The van der Waals surface area contributed by atoms with Crippen molar-refractivity contribution in [3.8, 4) is 0 Å². The van der Waals surface area contributed by atoms with Crippen molar-refractivity contribution >= 4 is 10.1 Å². The Morgan fingerprint density at radius 1 is 1.25 bits per heavy atom. The van der Waals surface area contributed by atoms with Crippen LogP contribution in [0.4, 0.5) is 0 Å². The number of aliphatic hydroxyl groups is 1. The fourth-order valence-corrected chi connectivity index (χ4v) is 2.37. The van der Waals surface area contributed by atoms with E-state index in [1.165, 1.54) is 12.1 Å². The van der Waals surface area contributed by atoms with Crippen LogP contribution in [0, 0.1) is 6.92 Å². The van der Waals surface area contributed by atoms with Crippen LogP contribution in [-0.2, 0) is 14.3 Å². The summed E-state index contributed by atoms with van der Waals surface area (Å²) in [6.45, 7) is 7.77. The maximum absolute atomic E-state index is 11.9. The zero-order valence-corrected chi connectivity index (χ0v) is 13.2. The predicted molar refractivity (Wildman–Crippen MR) is 78.1 cm³/mol. The Kier molecular flexibility index (Phi) is 5.70. The lowest BCUT2D eigenvalue weighted by molar-refractivity contribution is 0.103. The molecule has 0 unspecified atom stereocenters. The van der Waals surface area contributed by atoms with Crippen LogP contribution in [0.2, 0.25) is 0 Å². The SMILES string of the molecule is Cc1ccc(S(=O)(=O)OC[C@H](O)CNC(C)(C)C)cc1. The highest BCUT2D eigenvalue weighted by molar-refractivity contribution is 7.86. The second kappa shape index (κ2) is 6.67. The maximum Gasteiger partial charge on any atom is 0.297 e. The molecule has 0 bridgehead atoms. The molecule has 5 nitrogen and oxygen atoms in total. The van der Waals surface area contributed by atoms with Gasteiger partial charge in [0, 0.05) is 12.1 Å². The van der Waals surface area contributed by atoms with Crippen molar-refractivity contribution in [3.63, 3.8) is 0 Å². The lowest BCUT2D eigenvalue weighted by Gasteiger charge is -2.22. The Labute approximate surface area is 121 Å². The van der Waals surface area contributed by atoms with Gasteiger partial charge in [-0.05, 0) is 39.8 Å². The molecule has 0 aromatic heterocycles. The van der Waals surface area contributed by atoms with Gasteiger partial charge >= 0.3 is 0 Å². The van der Waals surface area contributed by atoms with Crippen molar-refractivity contribution in [2.75, 3.05) is 13.2 Å². The van der Waals surface area contributed by atoms with Crippen molar-refractivity contribution in [2.45, 2.75) is 44.2 Å². The molecule has 0 aliphatic rings. The summed E-state index contributed by atoms with van der Waals surface area (Å²) in [5.41, 5.74) is 0.829. The molecule has 0 spiro atoms. The summed E-state index contributed by atoms with van der Waals surface area (Å²) >= 11 is 0. The van der Waals surface area contributed by atoms with Gasteiger partial charge in [0.2, 0.25) is 0 Å². The Balaban J connectivity index is 2.53. The van der Waals surface area contributed by atoms with E-state index >= 15 is 0 Å². The average molecular weight is 301 g/mol. The minimum absolute atomic E-state index is 0.0964. The molecule has 0 aliphatic carbocycles. The molecule has 6 heteroatoms. The number of nitrogens with one attached hydrogen (secondary N) is 1. The summed E-state index contributed by atoms with van der Waals surface area (Å²) in [6.07, 6.45) is -0.880. The minimum atomic E-state index is -3.81. The highest BCUT2D eigenvalue weighted by Gasteiger charge is 2.18. The largest absolute Gasteiger partial charge is 0.389 e. The van der Waals surface area contributed by atoms with Crippen LogP contribution in [0.1, 0.15) is 26.3 Å². The zero-order valence-electron chi connectivity index (χ0n) is 12.4. The Morgan fingerprint density at radius 2 is 1.80 bits per heavy atom. The zero-order chi connectivity index (χ0) is 15.4. The molecule has 2 N–H and O–H groups in total. The monoisotopic (exact) mass is 301 g/mol. The van der Waals surface area contributed by atoms with Gasteiger partial charge < -0.3 is 10.4 Å². The third-order valence-electron chi connectivity index (χ3n) is 2.59. The summed E-state index contributed by atoms with van der Waals surface area (Å²) in [7, 11) is -3.81. The lowest BCUT2D eigenvalue weighted by Crippen LogP contribution is -2.42. The highest BCUT2D eigenvalue weighted by Crippen LogP contribution is 2.13. The molecule has 0 saturated heterocycles. The number of benzene rings is 1. The molecule has 114 valence electrons. The molecule has 0 radical (unpaired) electrons. The molecule has 1 aromatic rings. The summed E-state index contributed by atoms with van der Waals surface area (Å²) in [5, 5.41) is 12.8. The standard InChI is InChI=1S/C14H23NO4S/c1-11-5-7-13(8-6-11)20(17,18)19-10-12(16)9-15-14(2,3)4/h5-8,12,15-16H,9-10H2,1-4H3/t12-/m1/s1. The first-order valence-electron chi connectivity index (χ1n) is 6.49. The fraction of sp³-hybridized carbons (Fsp3) is 0.571. The summed E-state index contributed by atoms with van der Waals surface area (Å²) in [6, 6.07) is 6.39. The first-order valence-corrected chi connectivity index (χ1v) is 7.90. The molecule has 0 aliphatic heterocycles. The molecule has 0 heterocycles. The van der Waals surface area contributed by atoms with Crippen molar-refractivity contribution in [1.29, 1.82) is 0 Å². The average Bonchev–Trinajstić information content (AvgIpc) is 2.34. The molecule has 1 atom stereocenters. The van der Waals surface area contributed by atoms with Gasteiger partial charge in [0.05, 0.1) is 17.6 Å². The first kappa shape index (κ1) is 17.1. The predicted octanol–water partition coefficient (Wildman–Crippen LogP) is 1.45. The van der Waals surface area contributed by atoms with Gasteiger partial charge in [0.15, 0.2) is 0 Å². The van der Waals surface area contributed by atoms with Crippen LogP contribution in [-0.4, -0.2) is 38.3 Å². The minimum Gasteiger partial charge on any atom is -0.389 e. The van der Waals surface area contributed by atoms with Crippen LogP contribution in [0.25, 0.3) is 0 Å². The van der Waals surface area contributed by atoms with E-state index in [9.17, 15) is 13.5 Å². The Bertz CT molecular complexity index is 517. The summed E-state index contributed by atoms with van der Waals surface area (Å²) in [4.78, 5) is 0.0964. The van der Waals surface area contributed by atoms with Crippen LogP contribution < -0.4 is 5.32 Å².